The summed E-state index contributed by atoms with van der Waals surface area (Å²) in [4.78, 5) is 12.4. The number of rotatable bonds is 2. The highest BCUT2D eigenvalue weighted by molar-refractivity contribution is 6.30. The van der Waals surface area contributed by atoms with Gasteiger partial charge in [-0.15, -0.1) is 14.8 Å². The molecule has 2 heterocycles. The Kier molecular flexibility index (Phi) is 3.17. The van der Waals surface area contributed by atoms with Crippen LogP contribution in [0.5, 0.6) is 0 Å². The summed E-state index contributed by atoms with van der Waals surface area (Å²) in [5, 5.41) is 12.8. The van der Waals surface area contributed by atoms with Crippen molar-refractivity contribution in [3.8, 4) is 22.7 Å². The van der Waals surface area contributed by atoms with Gasteiger partial charge in [-0.25, -0.2) is 4.79 Å². The van der Waals surface area contributed by atoms with Crippen LogP contribution < -0.4 is 5.63 Å². The van der Waals surface area contributed by atoms with Gasteiger partial charge in [0.25, 0.3) is 0 Å². The van der Waals surface area contributed by atoms with Crippen molar-refractivity contribution in [2.24, 2.45) is 0 Å². The summed E-state index contributed by atoms with van der Waals surface area (Å²) in [7, 11) is 0. The molecule has 0 atom stereocenters. The Morgan fingerprint density at radius 1 is 0.957 bits per heavy atom. The summed E-state index contributed by atoms with van der Waals surface area (Å²) >= 11 is 5.86. The van der Waals surface area contributed by atoms with Crippen LogP contribution in [0.3, 0.4) is 0 Å². The van der Waals surface area contributed by atoms with E-state index in [0.29, 0.717) is 16.3 Å². The maximum absolute atomic E-state index is 12.4. The molecule has 0 bridgehead atoms. The first-order valence-electron chi connectivity index (χ1n) is 6.80. The molecule has 0 aliphatic rings. The van der Waals surface area contributed by atoms with Crippen LogP contribution in [0.1, 0.15) is 0 Å². The molecule has 0 saturated carbocycles. The molecular weight excluding hydrogens is 316 g/mol. The molecule has 0 spiro atoms. The molecule has 0 aliphatic heterocycles. The first-order valence-corrected chi connectivity index (χ1v) is 7.18. The van der Waals surface area contributed by atoms with Gasteiger partial charge in [-0.05, 0) is 29.5 Å². The molecule has 0 N–H and O–H groups in total. The van der Waals surface area contributed by atoms with Crippen molar-refractivity contribution in [1.82, 2.24) is 20.0 Å². The Morgan fingerprint density at radius 3 is 2.43 bits per heavy atom. The quantitative estimate of drug-likeness (QED) is 0.566. The van der Waals surface area contributed by atoms with Gasteiger partial charge in [0.2, 0.25) is 11.4 Å². The minimum absolute atomic E-state index is 0.156. The molecular formula is C16H9ClN4O2. The third-order valence-electron chi connectivity index (χ3n) is 3.36. The largest absolute Gasteiger partial charge is 0.400 e. The third kappa shape index (κ3) is 2.39. The second-order valence-electron chi connectivity index (χ2n) is 4.84. The standard InChI is InChI=1S/C16H9ClN4O2/c17-12-8-6-11(7-9-12)15-19-21-14(16(22)23-15)13(18-20-21)10-4-2-1-3-5-10/h1-9H. The van der Waals surface area contributed by atoms with Gasteiger partial charge in [-0.3, -0.25) is 0 Å². The van der Waals surface area contributed by atoms with E-state index in [0.717, 1.165) is 5.56 Å². The Hall–Kier alpha value is -2.99. The molecule has 112 valence electrons. The molecule has 4 aromatic rings. The van der Waals surface area contributed by atoms with Gasteiger partial charge in [0.15, 0.2) is 0 Å². The zero-order valence-corrected chi connectivity index (χ0v) is 12.4. The fourth-order valence-electron chi connectivity index (χ4n) is 2.26. The predicted octanol–water partition coefficient (Wildman–Crippen LogP) is 3.06. The van der Waals surface area contributed by atoms with Crippen molar-refractivity contribution < 1.29 is 4.42 Å². The average Bonchev–Trinajstić information content (AvgIpc) is 3.01. The van der Waals surface area contributed by atoms with Gasteiger partial charge in [-0.2, -0.15) is 0 Å². The Balaban J connectivity index is 1.91. The van der Waals surface area contributed by atoms with Crippen LogP contribution in [0.15, 0.2) is 63.8 Å². The second kappa shape index (κ2) is 5.33. The van der Waals surface area contributed by atoms with Crippen LogP contribution in [-0.2, 0) is 0 Å². The lowest BCUT2D eigenvalue weighted by Crippen LogP contribution is -2.09. The van der Waals surface area contributed by atoms with Crippen molar-refractivity contribution in [3.63, 3.8) is 0 Å². The van der Waals surface area contributed by atoms with E-state index in [1.54, 1.807) is 24.3 Å². The molecule has 23 heavy (non-hydrogen) atoms. The Bertz CT molecular complexity index is 1040. The number of nitrogens with zero attached hydrogens (tertiary/aromatic N) is 4. The molecule has 4 rings (SSSR count). The van der Waals surface area contributed by atoms with Crippen LogP contribution >= 0.6 is 11.6 Å². The van der Waals surface area contributed by atoms with Gasteiger partial charge in [0.05, 0.1) is 0 Å². The Morgan fingerprint density at radius 2 is 1.70 bits per heavy atom. The van der Waals surface area contributed by atoms with E-state index in [1.807, 2.05) is 30.3 Å². The van der Waals surface area contributed by atoms with Crippen LogP contribution in [0, 0.1) is 0 Å². The monoisotopic (exact) mass is 324 g/mol. The second-order valence-corrected chi connectivity index (χ2v) is 5.28. The summed E-state index contributed by atoms with van der Waals surface area (Å²) in [5.41, 5.74) is 1.50. The first kappa shape index (κ1) is 13.7. The first-order chi connectivity index (χ1) is 11.2. The van der Waals surface area contributed by atoms with E-state index >= 15 is 0 Å². The lowest BCUT2D eigenvalue weighted by atomic mass is 10.1. The predicted molar refractivity (Wildman–Crippen MR) is 85.2 cm³/mol. The lowest BCUT2D eigenvalue weighted by molar-refractivity contribution is 0.486. The van der Waals surface area contributed by atoms with E-state index < -0.39 is 5.63 Å². The molecule has 0 aliphatic carbocycles. The SMILES string of the molecule is O=c1oc(-c2ccc(Cl)cc2)nn2nnc(-c3ccccc3)c12. The van der Waals surface area contributed by atoms with E-state index in [2.05, 4.69) is 15.4 Å². The molecule has 0 amide bonds. The van der Waals surface area contributed by atoms with E-state index in [4.69, 9.17) is 16.0 Å². The number of hydrogen-bond donors (Lipinski definition) is 0. The topological polar surface area (TPSA) is 73.3 Å². The number of fused-ring (bicyclic) bond motifs is 1. The molecule has 7 heteroatoms. The number of hydrogen-bond acceptors (Lipinski definition) is 5. The maximum Gasteiger partial charge on any atom is 0.368 e. The fourth-order valence-corrected chi connectivity index (χ4v) is 2.39. The van der Waals surface area contributed by atoms with Crippen LogP contribution in [0.2, 0.25) is 5.02 Å². The number of halogens is 1. The fraction of sp³-hybridized carbons (Fsp3) is 0. The van der Waals surface area contributed by atoms with Crippen LogP contribution in [-0.4, -0.2) is 20.0 Å². The Labute approximate surface area is 134 Å². The molecule has 0 saturated heterocycles. The van der Waals surface area contributed by atoms with Crippen LogP contribution in [0.25, 0.3) is 28.2 Å². The number of benzene rings is 2. The summed E-state index contributed by atoms with van der Waals surface area (Å²) in [6, 6.07) is 16.1. The van der Waals surface area contributed by atoms with Crippen molar-refractivity contribution >= 4 is 17.1 Å². The summed E-state index contributed by atoms with van der Waals surface area (Å²) < 4.78 is 6.52. The molecule has 0 fully saturated rings. The lowest BCUT2D eigenvalue weighted by Gasteiger charge is -2.00. The van der Waals surface area contributed by atoms with Gasteiger partial charge >= 0.3 is 5.63 Å². The van der Waals surface area contributed by atoms with Crippen molar-refractivity contribution in [3.05, 3.63) is 70.0 Å². The van der Waals surface area contributed by atoms with E-state index in [1.165, 1.54) is 4.63 Å². The zero-order chi connectivity index (χ0) is 15.8. The van der Waals surface area contributed by atoms with Crippen molar-refractivity contribution in [2.75, 3.05) is 0 Å². The summed E-state index contributed by atoms with van der Waals surface area (Å²) in [6.45, 7) is 0. The molecule has 2 aromatic carbocycles. The van der Waals surface area contributed by atoms with Crippen LogP contribution in [0.4, 0.5) is 0 Å². The highest BCUT2D eigenvalue weighted by Gasteiger charge is 2.16. The maximum atomic E-state index is 12.4. The minimum atomic E-state index is -0.547. The zero-order valence-electron chi connectivity index (χ0n) is 11.7. The van der Waals surface area contributed by atoms with Crippen molar-refractivity contribution in [1.29, 1.82) is 0 Å². The number of aromatic nitrogens is 4. The average molecular weight is 325 g/mol. The van der Waals surface area contributed by atoms with Gasteiger partial charge in [0.1, 0.15) is 5.69 Å². The summed E-state index contributed by atoms with van der Waals surface area (Å²) in [6.07, 6.45) is 0. The molecule has 2 aromatic heterocycles. The van der Waals surface area contributed by atoms with E-state index in [9.17, 15) is 4.79 Å². The van der Waals surface area contributed by atoms with Crippen molar-refractivity contribution in [2.45, 2.75) is 0 Å². The highest BCUT2D eigenvalue weighted by Crippen LogP contribution is 2.22. The third-order valence-corrected chi connectivity index (χ3v) is 3.61. The minimum Gasteiger partial charge on any atom is -0.400 e. The molecule has 6 nitrogen and oxygen atoms in total. The molecule has 0 unspecified atom stereocenters. The molecule has 0 radical (unpaired) electrons. The van der Waals surface area contributed by atoms with Gasteiger partial charge in [0, 0.05) is 16.1 Å². The van der Waals surface area contributed by atoms with Gasteiger partial charge in [-0.1, -0.05) is 41.9 Å². The normalized spacial score (nSPS) is 11.0. The smallest absolute Gasteiger partial charge is 0.368 e. The highest BCUT2D eigenvalue weighted by atomic mass is 35.5. The van der Waals surface area contributed by atoms with E-state index in [-0.39, 0.29) is 11.4 Å². The summed E-state index contributed by atoms with van der Waals surface area (Å²) in [5.74, 6) is 0.156. The van der Waals surface area contributed by atoms with Gasteiger partial charge < -0.3 is 4.42 Å².